The first-order chi connectivity index (χ1) is 11.8. The van der Waals surface area contributed by atoms with Crippen molar-refractivity contribution < 1.29 is 9.53 Å². The molecule has 0 aliphatic carbocycles. The normalized spacial score (nSPS) is 13.1. The molecule has 7 nitrogen and oxygen atoms in total. The van der Waals surface area contributed by atoms with Gasteiger partial charge in [-0.1, -0.05) is 18.2 Å². The summed E-state index contributed by atoms with van der Waals surface area (Å²) in [5, 5.41) is 5.71. The quantitative estimate of drug-likeness (QED) is 0.787. The standard InChI is InChI=1S/C18H22N4O3/c1-18(2,3)22-15(23)9-19-17-20-13-10-25-14-7-5-4-6-11(14)8-12(13)16(24)21-17/h4-7H,8-10H2,1-3H3,(H,22,23)(H2,19,20,21,24). The lowest BCUT2D eigenvalue weighted by Gasteiger charge is -2.20. The second-order valence-corrected chi connectivity index (χ2v) is 7.06. The average molecular weight is 342 g/mol. The first kappa shape index (κ1) is 17.0. The lowest BCUT2D eigenvalue weighted by molar-refractivity contribution is -0.120. The highest BCUT2D eigenvalue weighted by Crippen LogP contribution is 2.25. The Labute approximate surface area is 145 Å². The molecule has 25 heavy (non-hydrogen) atoms. The van der Waals surface area contributed by atoms with Crippen LogP contribution in [0.4, 0.5) is 5.95 Å². The van der Waals surface area contributed by atoms with Gasteiger partial charge in [0.25, 0.3) is 5.56 Å². The van der Waals surface area contributed by atoms with Gasteiger partial charge in [0.2, 0.25) is 11.9 Å². The largest absolute Gasteiger partial charge is 0.487 e. The van der Waals surface area contributed by atoms with Gasteiger partial charge in [-0.25, -0.2) is 4.98 Å². The van der Waals surface area contributed by atoms with Gasteiger partial charge in [-0.3, -0.25) is 14.6 Å². The highest BCUT2D eigenvalue weighted by atomic mass is 16.5. The van der Waals surface area contributed by atoms with Gasteiger partial charge in [0, 0.05) is 17.5 Å². The van der Waals surface area contributed by atoms with Gasteiger partial charge in [-0.15, -0.1) is 0 Å². The molecule has 2 aromatic rings. The van der Waals surface area contributed by atoms with Crippen molar-refractivity contribution in [2.24, 2.45) is 0 Å². The van der Waals surface area contributed by atoms with Crippen LogP contribution in [0.25, 0.3) is 0 Å². The molecule has 0 radical (unpaired) electrons. The number of rotatable bonds is 3. The van der Waals surface area contributed by atoms with Crippen molar-refractivity contribution in [3.63, 3.8) is 0 Å². The first-order valence-corrected chi connectivity index (χ1v) is 8.19. The van der Waals surface area contributed by atoms with Crippen LogP contribution in [0.15, 0.2) is 29.1 Å². The van der Waals surface area contributed by atoms with Crippen molar-refractivity contribution in [1.29, 1.82) is 0 Å². The summed E-state index contributed by atoms with van der Waals surface area (Å²) in [5.74, 6) is 0.857. The van der Waals surface area contributed by atoms with Crippen molar-refractivity contribution in [3.8, 4) is 5.75 Å². The number of carbonyl (C=O) groups excluding carboxylic acids is 1. The predicted molar refractivity (Wildman–Crippen MR) is 94.8 cm³/mol. The van der Waals surface area contributed by atoms with Crippen molar-refractivity contribution in [2.75, 3.05) is 11.9 Å². The summed E-state index contributed by atoms with van der Waals surface area (Å²) in [6, 6.07) is 7.63. The SMILES string of the molecule is CC(C)(C)NC(=O)CNc1nc2c(c(=O)[nH]1)Cc1ccccc1OC2. The minimum Gasteiger partial charge on any atom is -0.487 e. The fourth-order valence-electron chi connectivity index (χ4n) is 2.68. The molecule has 0 bridgehead atoms. The summed E-state index contributed by atoms with van der Waals surface area (Å²) < 4.78 is 5.75. The zero-order chi connectivity index (χ0) is 18.0. The number of fused-ring (bicyclic) bond motifs is 2. The van der Waals surface area contributed by atoms with Crippen LogP contribution >= 0.6 is 0 Å². The highest BCUT2D eigenvalue weighted by Gasteiger charge is 2.19. The molecular weight excluding hydrogens is 320 g/mol. The Hall–Kier alpha value is -2.83. The number of H-pyrrole nitrogens is 1. The number of amides is 1. The van der Waals surface area contributed by atoms with Crippen LogP contribution in [0.5, 0.6) is 5.75 Å². The molecule has 2 heterocycles. The topological polar surface area (TPSA) is 96.1 Å². The van der Waals surface area contributed by atoms with Crippen molar-refractivity contribution in [2.45, 2.75) is 39.3 Å². The van der Waals surface area contributed by atoms with Crippen LogP contribution < -0.4 is 20.9 Å². The summed E-state index contributed by atoms with van der Waals surface area (Å²) in [7, 11) is 0. The Morgan fingerprint density at radius 3 is 2.84 bits per heavy atom. The number of aromatic nitrogens is 2. The van der Waals surface area contributed by atoms with E-state index in [1.165, 1.54) is 0 Å². The maximum Gasteiger partial charge on any atom is 0.256 e. The maximum atomic E-state index is 12.4. The summed E-state index contributed by atoms with van der Waals surface area (Å²) in [4.78, 5) is 31.4. The van der Waals surface area contributed by atoms with Crippen LogP contribution in [0.1, 0.15) is 37.6 Å². The van der Waals surface area contributed by atoms with E-state index in [2.05, 4.69) is 20.6 Å². The van der Waals surface area contributed by atoms with E-state index in [-0.39, 0.29) is 36.1 Å². The van der Waals surface area contributed by atoms with Gasteiger partial charge in [0.05, 0.1) is 12.2 Å². The Bertz CT molecular complexity index is 852. The van der Waals surface area contributed by atoms with Crippen molar-refractivity contribution in [1.82, 2.24) is 15.3 Å². The van der Waals surface area contributed by atoms with E-state index in [0.717, 1.165) is 11.3 Å². The number of nitrogens with one attached hydrogen (secondary N) is 3. The smallest absolute Gasteiger partial charge is 0.256 e. The van der Waals surface area contributed by atoms with Crippen LogP contribution in [-0.4, -0.2) is 28.0 Å². The molecule has 1 aromatic carbocycles. The number of anilines is 1. The zero-order valence-electron chi connectivity index (χ0n) is 14.6. The number of hydrogen-bond donors (Lipinski definition) is 3. The van der Waals surface area contributed by atoms with Gasteiger partial charge < -0.3 is 15.4 Å². The van der Waals surface area contributed by atoms with E-state index in [4.69, 9.17) is 4.74 Å². The molecule has 1 aliphatic rings. The zero-order valence-corrected chi connectivity index (χ0v) is 14.6. The van der Waals surface area contributed by atoms with E-state index in [1.807, 2.05) is 45.0 Å². The Morgan fingerprint density at radius 2 is 2.08 bits per heavy atom. The third kappa shape index (κ3) is 4.17. The number of benzene rings is 1. The van der Waals surface area contributed by atoms with Crippen LogP contribution in [0.2, 0.25) is 0 Å². The molecule has 0 atom stereocenters. The second kappa shape index (κ2) is 6.58. The van der Waals surface area contributed by atoms with E-state index in [1.54, 1.807) is 0 Å². The van der Waals surface area contributed by atoms with E-state index in [9.17, 15) is 9.59 Å². The Morgan fingerprint density at radius 1 is 1.32 bits per heavy atom. The third-order valence-corrected chi connectivity index (χ3v) is 3.74. The van der Waals surface area contributed by atoms with Gasteiger partial charge >= 0.3 is 0 Å². The van der Waals surface area contributed by atoms with Gasteiger partial charge in [-0.2, -0.15) is 0 Å². The number of aromatic amines is 1. The fraction of sp³-hybridized carbons (Fsp3) is 0.389. The lowest BCUT2D eigenvalue weighted by Crippen LogP contribution is -2.43. The second-order valence-electron chi connectivity index (χ2n) is 7.06. The molecular formula is C18H22N4O3. The minimum absolute atomic E-state index is 0.0279. The minimum atomic E-state index is -0.313. The van der Waals surface area contributed by atoms with Crippen molar-refractivity contribution >= 4 is 11.9 Å². The number of para-hydroxylation sites is 1. The first-order valence-electron chi connectivity index (χ1n) is 8.19. The third-order valence-electron chi connectivity index (χ3n) is 3.74. The Balaban J connectivity index is 1.77. The van der Waals surface area contributed by atoms with E-state index >= 15 is 0 Å². The van der Waals surface area contributed by atoms with E-state index in [0.29, 0.717) is 17.7 Å². The van der Waals surface area contributed by atoms with Crippen LogP contribution in [0.3, 0.4) is 0 Å². The number of hydrogen-bond acceptors (Lipinski definition) is 5. The van der Waals surface area contributed by atoms with Gasteiger partial charge in [0.1, 0.15) is 12.4 Å². The monoisotopic (exact) mass is 342 g/mol. The van der Waals surface area contributed by atoms with Crippen LogP contribution in [-0.2, 0) is 17.8 Å². The van der Waals surface area contributed by atoms with Crippen LogP contribution in [0, 0.1) is 0 Å². The van der Waals surface area contributed by atoms with Gasteiger partial charge in [0.15, 0.2) is 0 Å². The molecule has 1 aromatic heterocycles. The van der Waals surface area contributed by atoms with Crippen molar-refractivity contribution in [3.05, 3.63) is 51.4 Å². The molecule has 0 unspecified atom stereocenters. The Kier molecular flexibility index (Phi) is 4.48. The number of carbonyl (C=O) groups is 1. The average Bonchev–Trinajstić information content (AvgIpc) is 2.71. The molecule has 1 aliphatic heterocycles. The van der Waals surface area contributed by atoms with E-state index < -0.39 is 0 Å². The summed E-state index contributed by atoms with van der Waals surface area (Å²) in [6.07, 6.45) is 0.471. The maximum absolute atomic E-state index is 12.4. The molecule has 3 N–H and O–H groups in total. The molecule has 0 fully saturated rings. The highest BCUT2D eigenvalue weighted by molar-refractivity contribution is 5.80. The molecule has 0 spiro atoms. The molecule has 0 saturated carbocycles. The van der Waals surface area contributed by atoms with Gasteiger partial charge in [-0.05, 0) is 32.4 Å². The number of ether oxygens (including phenoxy) is 1. The predicted octanol–water partition coefficient (Wildman–Crippen LogP) is 1.58. The molecule has 7 heteroatoms. The molecule has 3 rings (SSSR count). The summed E-state index contributed by atoms with van der Waals surface area (Å²) in [6.45, 7) is 5.96. The summed E-state index contributed by atoms with van der Waals surface area (Å²) >= 11 is 0. The summed E-state index contributed by atoms with van der Waals surface area (Å²) in [5.41, 5.74) is 1.60. The molecule has 1 amide bonds. The molecule has 0 saturated heterocycles. The lowest BCUT2D eigenvalue weighted by atomic mass is 10.1. The number of nitrogens with zero attached hydrogens (tertiary/aromatic N) is 1. The molecule has 132 valence electrons. The fourth-order valence-corrected chi connectivity index (χ4v) is 2.68.